The van der Waals surface area contributed by atoms with Gasteiger partial charge in [-0.3, -0.25) is 9.59 Å². The Kier molecular flexibility index (Phi) is 4.02. The predicted molar refractivity (Wildman–Crippen MR) is 99.2 cm³/mol. The number of aliphatic hydroxyl groups excluding tert-OH is 1. The summed E-state index contributed by atoms with van der Waals surface area (Å²) in [6, 6.07) is 0. The normalized spacial score (nSPS) is 54.8. The molecule has 156 valence electrons. The number of fused-ring (bicyclic) bond motifs is 1. The van der Waals surface area contributed by atoms with Crippen LogP contribution in [0.25, 0.3) is 0 Å². The fraction of sp³-hybridized carbons (Fsp3) is 0.909. The summed E-state index contributed by atoms with van der Waals surface area (Å²) < 4.78 is 12.6. The Morgan fingerprint density at radius 1 is 1.18 bits per heavy atom. The van der Waals surface area contributed by atoms with E-state index in [1.807, 2.05) is 0 Å². The Hall–Kier alpha value is -0.820. The Labute approximate surface area is 166 Å². The smallest absolute Gasteiger partial charge is 0.166 e. The lowest BCUT2D eigenvalue weighted by Gasteiger charge is -2.62. The molecule has 0 aromatic heterocycles. The summed E-state index contributed by atoms with van der Waals surface area (Å²) in [5, 5.41) is 21.2. The minimum atomic E-state index is -1.06. The van der Waals surface area contributed by atoms with E-state index in [1.54, 1.807) is 7.11 Å². The molecule has 1 saturated heterocycles. The number of aliphatic hydroxyl groups is 2. The average Bonchev–Trinajstić information content (AvgIpc) is 3.13. The van der Waals surface area contributed by atoms with Gasteiger partial charge < -0.3 is 19.7 Å². The zero-order chi connectivity index (χ0) is 19.9. The number of carbonyl (C=O) groups excluding carboxylic acids is 2. The summed E-state index contributed by atoms with van der Waals surface area (Å²) in [7, 11) is 1.64. The second-order valence-corrected chi connectivity index (χ2v) is 10.3. The molecule has 4 aliphatic carbocycles. The van der Waals surface area contributed by atoms with Crippen molar-refractivity contribution in [3.63, 3.8) is 0 Å². The average molecular weight is 392 g/mol. The number of rotatable bonds is 3. The minimum Gasteiger partial charge on any atom is -0.389 e. The first-order valence-electron chi connectivity index (χ1n) is 10.9. The summed E-state index contributed by atoms with van der Waals surface area (Å²) in [6.45, 7) is 1.81. The summed E-state index contributed by atoms with van der Waals surface area (Å²) in [5.74, 6) is 0.341. The second kappa shape index (κ2) is 5.87. The van der Waals surface area contributed by atoms with Crippen molar-refractivity contribution in [2.24, 2.45) is 28.6 Å². The van der Waals surface area contributed by atoms with E-state index in [0.29, 0.717) is 25.7 Å². The molecule has 6 heteroatoms. The SMILES string of the molecule is CO[C@H]1O[C@]23CC[C@@]4(O)CC(=O)CC[C@]14[C@@H]2CC[C@@]1(C)[C@H](C(=O)CO)CC[C@@H]13. The number of ketones is 2. The van der Waals surface area contributed by atoms with Gasteiger partial charge in [0.1, 0.15) is 12.4 Å². The third-order valence-electron chi connectivity index (χ3n) is 9.72. The lowest BCUT2D eigenvalue weighted by atomic mass is 9.42. The van der Waals surface area contributed by atoms with Crippen molar-refractivity contribution in [1.29, 1.82) is 0 Å². The number of hydrogen-bond donors (Lipinski definition) is 2. The molecule has 4 saturated carbocycles. The molecule has 5 fully saturated rings. The molecular weight excluding hydrogens is 360 g/mol. The maximum Gasteiger partial charge on any atom is 0.166 e. The molecule has 1 spiro atoms. The summed E-state index contributed by atoms with van der Waals surface area (Å²) >= 11 is 0. The fourth-order valence-electron chi connectivity index (χ4n) is 8.68. The molecule has 28 heavy (non-hydrogen) atoms. The van der Waals surface area contributed by atoms with Gasteiger partial charge >= 0.3 is 0 Å². The van der Waals surface area contributed by atoms with E-state index < -0.39 is 29.5 Å². The van der Waals surface area contributed by atoms with E-state index in [2.05, 4.69) is 6.92 Å². The monoisotopic (exact) mass is 392 g/mol. The first-order valence-corrected chi connectivity index (χ1v) is 10.9. The van der Waals surface area contributed by atoms with Gasteiger partial charge in [0, 0.05) is 31.8 Å². The van der Waals surface area contributed by atoms with Crippen molar-refractivity contribution in [2.75, 3.05) is 13.7 Å². The van der Waals surface area contributed by atoms with E-state index in [-0.39, 0.29) is 41.2 Å². The summed E-state index contributed by atoms with van der Waals surface area (Å²) in [5.41, 5.74) is -2.17. The van der Waals surface area contributed by atoms with Crippen molar-refractivity contribution >= 4 is 11.6 Å². The Morgan fingerprint density at radius 2 is 1.96 bits per heavy atom. The topological polar surface area (TPSA) is 93.1 Å². The van der Waals surface area contributed by atoms with Crippen molar-refractivity contribution in [2.45, 2.75) is 82.2 Å². The molecule has 0 radical (unpaired) electrons. The van der Waals surface area contributed by atoms with Gasteiger partial charge in [-0.2, -0.15) is 0 Å². The zero-order valence-electron chi connectivity index (χ0n) is 16.9. The third kappa shape index (κ3) is 1.98. The van der Waals surface area contributed by atoms with Gasteiger partial charge in [0.25, 0.3) is 0 Å². The molecule has 0 unspecified atom stereocenters. The lowest BCUT2D eigenvalue weighted by Crippen LogP contribution is -2.67. The van der Waals surface area contributed by atoms with Gasteiger partial charge in [0.05, 0.1) is 16.6 Å². The summed E-state index contributed by atoms with van der Waals surface area (Å²) in [4.78, 5) is 24.7. The fourth-order valence-corrected chi connectivity index (χ4v) is 8.68. The van der Waals surface area contributed by atoms with Crippen LogP contribution in [0.3, 0.4) is 0 Å². The maximum absolute atomic E-state index is 12.5. The number of hydrogen-bond acceptors (Lipinski definition) is 6. The maximum atomic E-state index is 12.5. The van der Waals surface area contributed by atoms with Gasteiger partial charge in [-0.15, -0.1) is 0 Å². The number of ether oxygens (including phenoxy) is 2. The van der Waals surface area contributed by atoms with Gasteiger partial charge in [-0.25, -0.2) is 0 Å². The molecule has 1 heterocycles. The standard InChI is InChI=1S/C22H32O6/c1-19-7-6-17-21-8-5-13(24)11-20(21,26)9-10-22(17,28-18(21)27-2)16(19)4-3-14(19)15(25)12-23/h14,16-18,23,26H,3-12H2,1-2H3/t14-,16-,17-,18-,19-,20+,21-,22-/m0/s1. The van der Waals surface area contributed by atoms with Crippen LogP contribution in [-0.4, -0.2) is 53.0 Å². The largest absolute Gasteiger partial charge is 0.389 e. The third-order valence-corrected chi connectivity index (χ3v) is 9.72. The number of carbonyl (C=O) groups is 2. The quantitative estimate of drug-likeness (QED) is 0.763. The Bertz CT molecular complexity index is 722. The van der Waals surface area contributed by atoms with E-state index in [4.69, 9.17) is 9.47 Å². The molecule has 2 bridgehead atoms. The second-order valence-electron chi connectivity index (χ2n) is 10.3. The van der Waals surface area contributed by atoms with Crippen LogP contribution in [0.1, 0.15) is 64.7 Å². The molecule has 2 N–H and O–H groups in total. The molecule has 5 rings (SSSR count). The van der Waals surface area contributed by atoms with Crippen LogP contribution in [0.2, 0.25) is 0 Å². The van der Waals surface area contributed by atoms with E-state index in [0.717, 1.165) is 25.7 Å². The lowest BCUT2D eigenvalue weighted by molar-refractivity contribution is -0.225. The zero-order valence-corrected chi connectivity index (χ0v) is 16.9. The van der Waals surface area contributed by atoms with Gasteiger partial charge in [-0.05, 0) is 56.3 Å². The van der Waals surface area contributed by atoms with Gasteiger partial charge in [-0.1, -0.05) is 6.92 Å². The first-order chi connectivity index (χ1) is 13.3. The van der Waals surface area contributed by atoms with Crippen molar-refractivity contribution in [3.05, 3.63) is 0 Å². The molecule has 1 aliphatic heterocycles. The van der Waals surface area contributed by atoms with Crippen LogP contribution < -0.4 is 0 Å². The molecule has 0 amide bonds. The molecular formula is C22H32O6. The predicted octanol–water partition coefficient (Wildman–Crippen LogP) is 2.00. The highest BCUT2D eigenvalue weighted by Crippen LogP contribution is 2.75. The number of Topliss-reactive ketones (excluding diaryl/α,β-unsaturated/α-hetero) is 2. The van der Waals surface area contributed by atoms with Crippen LogP contribution in [0.15, 0.2) is 0 Å². The van der Waals surface area contributed by atoms with Crippen LogP contribution in [0.4, 0.5) is 0 Å². The van der Waals surface area contributed by atoms with Crippen molar-refractivity contribution in [1.82, 2.24) is 0 Å². The highest BCUT2D eigenvalue weighted by molar-refractivity contribution is 5.83. The van der Waals surface area contributed by atoms with Gasteiger partial charge in [0.2, 0.25) is 0 Å². The highest BCUT2D eigenvalue weighted by Gasteiger charge is 2.79. The van der Waals surface area contributed by atoms with Crippen LogP contribution in [0.5, 0.6) is 0 Å². The van der Waals surface area contributed by atoms with Crippen LogP contribution in [0, 0.1) is 28.6 Å². The summed E-state index contributed by atoms with van der Waals surface area (Å²) in [6.07, 6.45) is 5.54. The van der Waals surface area contributed by atoms with E-state index in [1.165, 1.54) is 0 Å². The molecule has 8 atom stereocenters. The van der Waals surface area contributed by atoms with Crippen molar-refractivity contribution < 1.29 is 29.3 Å². The Balaban J connectivity index is 1.60. The molecule has 5 aliphatic rings. The molecule has 0 aromatic rings. The van der Waals surface area contributed by atoms with E-state index >= 15 is 0 Å². The molecule has 6 nitrogen and oxygen atoms in total. The van der Waals surface area contributed by atoms with Crippen LogP contribution in [-0.2, 0) is 19.1 Å². The Morgan fingerprint density at radius 3 is 2.68 bits per heavy atom. The molecule has 0 aromatic carbocycles. The number of methoxy groups -OCH3 is 1. The minimum absolute atomic E-state index is 0.0496. The van der Waals surface area contributed by atoms with Gasteiger partial charge in [0.15, 0.2) is 12.1 Å². The van der Waals surface area contributed by atoms with Crippen LogP contribution >= 0.6 is 0 Å². The van der Waals surface area contributed by atoms with E-state index in [9.17, 15) is 19.8 Å². The first kappa shape index (κ1) is 19.2. The van der Waals surface area contributed by atoms with Crippen molar-refractivity contribution in [3.8, 4) is 0 Å². The highest BCUT2D eigenvalue weighted by atomic mass is 16.7.